The first kappa shape index (κ1) is 17.3. The van der Waals surface area contributed by atoms with Crippen LogP contribution < -0.4 is 10.1 Å². The van der Waals surface area contributed by atoms with Gasteiger partial charge in [-0.2, -0.15) is 0 Å². The zero-order valence-corrected chi connectivity index (χ0v) is 14.1. The summed E-state index contributed by atoms with van der Waals surface area (Å²) < 4.78 is 6.28. The maximum absolute atomic E-state index is 11.9. The molecule has 0 aromatic heterocycles. The first-order valence-corrected chi connectivity index (χ1v) is 7.42. The molecule has 112 valence electrons. The monoisotopic (exact) mass is 363 g/mol. The number of rotatable bonds is 6. The highest BCUT2D eigenvalue weighted by Gasteiger charge is 2.21. The molecule has 6 heteroatoms. The zero-order chi connectivity index (χ0) is 15.3. The number of carbonyl (C=O) groups is 1. The smallest absolute Gasteiger partial charge is 0.260 e. The minimum atomic E-state index is -0.637. The summed E-state index contributed by atoms with van der Waals surface area (Å²) in [5.74, 6) is 0.326. The van der Waals surface area contributed by atoms with Gasteiger partial charge in [0.25, 0.3) is 5.91 Å². The van der Waals surface area contributed by atoms with E-state index in [0.29, 0.717) is 21.8 Å². The molecule has 2 N–H and O–H groups in total. The Kier molecular flexibility index (Phi) is 6.30. The Balaban J connectivity index is 2.57. The van der Waals surface area contributed by atoms with E-state index in [1.54, 1.807) is 25.1 Å². The van der Waals surface area contributed by atoms with Gasteiger partial charge in [0.15, 0.2) is 6.10 Å². The van der Waals surface area contributed by atoms with Gasteiger partial charge in [0.2, 0.25) is 0 Å². The van der Waals surface area contributed by atoms with Crippen LogP contribution in [0.3, 0.4) is 0 Å². The van der Waals surface area contributed by atoms with E-state index in [1.165, 1.54) is 0 Å². The molecule has 0 saturated heterocycles. The van der Waals surface area contributed by atoms with E-state index < -0.39 is 6.10 Å². The van der Waals surface area contributed by atoms with E-state index in [9.17, 15) is 4.79 Å². The Morgan fingerprint density at radius 1 is 1.55 bits per heavy atom. The minimum absolute atomic E-state index is 0.00521. The molecule has 0 heterocycles. The largest absolute Gasteiger partial charge is 0.480 e. The number of carbonyl (C=O) groups excluding carboxylic acids is 1. The van der Waals surface area contributed by atoms with Crippen LogP contribution in [0.1, 0.15) is 20.8 Å². The lowest BCUT2D eigenvalue weighted by Gasteiger charge is -2.23. The fraction of sp³-hybridized carbons (Fsp3) is 0.500. The summed E-state index contributed by atoms with van der Waals surface area (Å²) in [6.45, 7) is 5.80. The SMILES string of the molecule is CC(Oc1ccc(Cl)cc1Br)C(=O)NCC(C)(C)CO. The van der Waals surface area contributed by atoms with Crippen LogP contribution in [0.4, 0.5) is 0 Å². The second kappa shape index (κ2) is 7.29. The van der Waals surface area contributed by atoms with Crippen molar-refractivity contribution >= 4 is 33.4 Å². The van der Waals surface area contributed by atoms with Crippen molar-refractivity contribution < 1.29 is 14.6 Å². The number of ether oxygens (including phenoxy) is 1. The van der Waals surface area contributed by atoms with Gasteiger partial charge in [0, 0.05) is 23.6 Å². The van der Waals surface area contributed by atoms with E-state index in [1.807, 2.05) is 13.8 Å². The molecule has 1 aromatic carbocycles. The third-order valence-electron chi connectivity index (χ3n) is 2.74. The quantitative estimate of drug-likeness (QED) is 0.816. The van der Waals surface area contributed by atoms with Crippen LogP contribution in [-0.4, -0.2) is 30.3 Å². The standard InChI is InChI=1S/C14H19BrClNO3/c1-9(13(19)17-7-14(2,3)8-18)20-12-5-4-10(16)6-11(12)15/h4-6,9,18H,7-8H2,1-3H3,(H,17,19). The third kappa shape index (κ3) is 5.31. The van der Waals surface area contributed by atoms with E-state index in [-0.39, 0.29) is 17.9 Å². The van der Waals surface area contributed by atoms with Gasteiger partial charge in [-0.05, 0) is 41.1 Å². The number of hydrogen-bond donors (Lipinski definition) is 2. The number of hydrogen-bond acceptors (Lipinski definition) is 3. The van der Waals surface area contributed by atoms with Crippen molar-refractivity contribution in [3.05, 3.63) is 27.7 Å². The van der Waals surface area contributed by atoms with Gasteiger partial charge in [-0.3, -0.25) is 4.79 Å². The Hall–Kier alpha value is -0.780. The fourth-order valence-corrected chi connectivity index (χ4v) is 2.12. The summed E-state index contributed by atoms with van der Waals surface area (Å²) in [7, 11) is 0. The maximum Gasteiger partial charge on any atom is 0.260 e. The number of aliphatic hydroxyl groups is 1. The average molecular weight is 365 g/mol. The third-order valence-corrected chi connectivity index (χ3v) is 3.59. The average Bonchev–Trinajstić information content (AvgIpc) is 2.39. The zero-order valence-electron chi connectivity index (χ0n) is 11.7. The van der Waals surface area contributed by atoms with Gasteiger partial charge in [-0.15, -0.1) is 0 Å². The Labute approximate surface area is 132 Å². The predicted molar refractivity (Wildman–Crippen MR) is 83.1 cm³/mol. The molecule has 0 aliphatic carbocycles. The van der Waals surface area contributed by atoms with E-state index in [0.717, 1.165) is 0 Å². The number of aliphatic hydroxyl groups excluding tert-OH is 1. The van der Waals surface area contributed by atoms with E-state index in [4.69, 9.17) is 21.4 Å². The molecule has 0 spiro atoms. The number of amides is 1. The highest BCUT2D eigenvalue weighted by Crippen LogP contribution is 2.28. The van der Waals surface area contributed by atoms with Crippen LogP contribution in [-0.2, 0) is 4.79 Å². The molecular weight excluding hydrogens is 346 g/mol. The Morgan fingerprint density at radius 2 is 2.20 bits per heavy atom. The molecule has 0 bridgehead atoms. The molecule has 1 aromatic rings. The van der Waals surface area contributed by atoms with Gasteiger partial charge in [-0.1, -0.05) is 25.4 Å². The number of benzene rings is 1. The number of nitrogens with one attached hydrogen (secondary N) is 1. The maximum atomic E-state index is 11.9. The molecule has 20 heavy (non-hydrogen) atoms. The molecular formula is C14H19BrClNO3. The van der Waals surface area contributed by atoms with Crippen LogP contribution in [0, 0.1) is 5.41 Å². The van der Waals surface area contributed by atoms with Crippen molar-refractivity contribution in [2.24, 2.45) is 5.41 Å². The van der Waals surface area contributed by atoms with Crippen LogP contribution in [0.25, 0.3) is 0 Å². The molecule has 4 nitrogen and oxygen atoms in total. The van der Waals surface area contributed by atoms with Gasteiger partial charge in [0.05, 0.1) is 4.47 Å². The van der Waals surface area contributed by atoms with Crippen LogP contribution in [0.5, 0.6) is 5.75 Å². The molecule has 1 unspecified atom stereocenters. The fourth-order valence-electron chi connectivity index (χ4n) is 1.34. The lowest BCUT2D eigenvalue weighted by atomic mass is 9.95. The molecule has 0 saturated carbocycles. The minimum Gasteiger partial charge on any atom is -0.480 e. The van der Waals surface area contributed by atoms with Crippen LogP contribution in [0.15, 0.2) is 22.7 Å². The molecule has 0 aliphatic heterocycles. The van der Waals surface area contributed by atoms with Crippen molar-refractivity contribution in [3.63, 3.8) is 0 Å². The summed E-state index contributed by atoms with van der Waals surface area (Å²) in [5.41, 5.74) is -0.351. The lowest BCUT2D eigenvalue weighted by Crippen LogP contribution is -2.42. The molecule has 1 atom stereocenters. The van der Waals surface area contributed by atoms with Crippen molar-refractivity contribution in [2.45, 2.75) is 26.9 Å². The highest BCUT2D eigenvalue weighted by atomic mass is 79.9. The van der Waals surface area contributed by atoms with E-state index >= 15 is 0 Å². The van der Waals surface area contributed by atoms with Crippen LogP contribution in [0.2, 0.25) is 5.02 Å². The Morgan fingerprint density at radius 3 is 2.75 bits per heavy atom. The Bertz CT molecular complexity index is 479. The van der Waals surface area contributed by atoms with Gasteiger partial charge < -0.3 is 15.2 Å². The molecule has 1 rings (SSSR count). The first-order valence-electron chi connectivity index (χ1n) is 6.25. The first-order chi connectivity index (χ1) is 9.25. The lowest BCUT2D eigenvalue weighted by molar-refractivity contribution is -0.127. The molecule has 1 amide bonds. The van der Waals surface area contributed by atoms with Gasteiger partial charge >= 0.3 is 0 Å². The van der Waals surface area contributed by atoms with Crippen molar-refractivity contribution in [1.29, 1.82) is 0 Å². The topological polar surface area (TPSA) is 58.6 Å². The number of halogens is 2. The second-order valence-electron chi connectivity index (χ2n) is 5.37. The summed E-state index contributed by atoms with van der Waals surface area (Å²) >= 11 is 9.18. The molecule has 0 aliphatic rings. The summed E-state index contributed by atoms with van der Waals surface area (Å²) in [6.07, 6.45) is -0.637. The summed E-state index contributed by atoms with van der Waals surface area (Å²) in [6, 6.07) is 5.10. The predicted octanol–water partition coefficient (Wildman–Crippen LogP) is 3.00. The van der Waals surface area contributed by atoms with Crippen LogP contribution >= 0.6 is 27.5 Å². The van der Waals surface area contributed by atoms with Gasteiger partial charge in [0.1, 0.15) is 5.75 Å². The van der Waals surface area contributed by atoms with Crippen molar-refractivity contribution in [3.8, 4) is 5.75 Å². The summed E-state index contributed by atoms with van der Waals surface area (Å²) in [4.78, 5) is 11.9. The highest BCUT2D eigenvalue weighted by molar-refractivity contribution is 9.10. The second-order valence-corrected chi connectivity index (χ2v) is 6.67. The van der Waals surface area contributed by atoms with E-state index in [2.05, 4.69) is 21.2 Å². The van der Waals surface area contributed by atoms with Gasteiger partial charge in [-0.25, -0.2) is 0 Å². The summed E-state index contributed by atoms with van der Waals surface area (Å²) in [5, 5.41) is 12.5. The molecule has 0 fully saturated rings. The van der Waals surface area contributed by atoms with Crippen molar-refractivity contribution in [1.82, 2.24) is 5.32 Å². The van der Waals surface area contributed by atoms with Crippen molar-refractivity contribution in [2.75, 3.05) is 13.2 Å². The molecule has 0 radical (unpaired) electrons. The normalized spacial score (nSPS) is 12.9.